The lowest BCUT2D eigenvalue weighted by molar-refractivity contribution is 0.186. The van der Waals surface area contributed by atoms with Crippen LogP contribution in [0.5, 0.6) is 5.75 Å². The smallest absolute Gasteiger partial charge is 0.158 e. The van der Waals surface area contributed by atoms with Crippen molar-refractivity contribution in [2.24, 2.45) is 5.11 Å². The molecule has 1 aromatic rings. The molecule has 1 aromatic carbocycles. The highest BCUT2D eigenvalue weighted by Crippen LogP contribution is 2.19. The van der Waals surface area contributed by atoms with Crippen molar-refractivity contribution in [2.45, 2.75) is 6.23 Å². The number of aliphatic hydroxyl groups is 1. The Labute approximate surface area is 75.2 Å². The van der Waals surface area contributed by atoms with Gasteiger partial charge in [-0.15, -0.1) is 0 Å². The van der Waals surface area contributed by atoms with Gasteiger partial charge in [-0.3, -0.25) is 0 Å². The third-order valence-corrected chi connectivity index (χ3v) is 1.55. The lowest BCUT2D eigenvalue weighted by atomic mass is 10.2. The van der Waals surface area contributed by atoms with Gasteiger partial charge in [-0.1, -0.05) is 17.2 Å². The first kappa shape index (κ1) is 9.38. The molecule has 0 aromatic heterocycles. The number of benzene rings is 1. The van der Waals surface area contributed by atoms with Crippen LogP contribution in [-0.2, 0) is 0 Å². The van der Waals surface area contributed by atoms with Crippen LogP contribution in [0.3, 0.4) is 0 Å². The fraction of sp³-hybridized carbons (Fsp3) is 0.250. The summed E-state index contributed by atoms with van der Waals surface area (Å²) in [6, 6.07) is 6.72. The third-order valence-electron chi connectivity index (χ3n) is 1.55. The van der Waals surface area contributed by atoms with Crippen LogP contribution < -0.4 is 4.74 Å². The van der Waals surface area contributed by atoms with Crippen molar-refractivity contribution in [2.75, 3.05) is 7.11 Å². The minimum atomic E-state index is -1.15. The molecule has 0 heterocycles. The number of nitrogens with zero attached hydrogens (tertiary/aromatic N) is 3. The average Bonchev–Trinajstić information content (AvgIpc) is 2.18. The van der Waals surface area contributed by atoms with Gasteiger partial charge in [0.2, 0.25) is 0 Å². The second-order valence-electron chi connectivity index (χ2n) is 2.36. The summed E-state index contributed by atoms with van der Waals surface area (Å²) in [6.45, 7) is 0. The van der Waals surface area contributed by atoms with Gasteiger partial charge in [0.15, 0.2) is 6.23 Å². The predicted molar refractivity (Wildman–Crippen MR) is 47.1 cm³/mol. The quantitative estimate of drug-likeness (QED) is 0.437. The average molecular weight is 179 g/mol. The van der Waals surface area contributed by atoms with E-state index in [2.05, 4.69) is 10.0 Å². The molecule has 1 atom stereocenters. The van der Waals surface area contributed by atoms with Crippen LogP contribution in [0.4, 0.5) is 0 Å². The van der Waals surface area contributed by atoms with Gasteiger partial charge >= 0.3 is 0 Å². The van der Waals surface area contributed by atoms with E-state index in [1.54, 1.807) is 24.3 Å². The molecule has 0 amide bonds. The number of methoxy groups -OCH3 is 1. The Bertz CT molecular complexity index is 334. The van der Waals surface area contributed by atoms with Crippen molar-refractivity contribution >= 4 is 0 Å². The maximum Gasteiger partial charge on any atom is 0.158 e. The van der Waals surface area contributed by atoms with Gasteiger partial charge in [-0.05, 0) is 23.2 Å². The minimum Gasteiger partial charge on any atom is -0.497 e. The maximum absolute atomic E-state index is 9.26. The van der Waals surface area contributed by atoms with E-state index in [0.717, 1.165) is 0 Å². The molecule has 1 N–H and O–H groups in total. The Hall–Kier alpha value is -1.71. The van der Waals surface area contributed by atoms with Crippen LogP contribution in [0.15, 0.2) is 29.4 Å². The number of rotatable bonds is 3. The zero-order valence-corrected chi connectivity index (χ0v) is 7.08. The molecule has 1 rings (SSSR count). The van der Waals surface area contributed by atoms with Gasteiger partial charge in [0.25, 0.3) is 0 Å². The SMILES string of the molecule is COc1cccc(C(O)N=[N+]=[N-])c1. The lowest BCUT2D eigenvalue weighted by Gasteiger charge is -2.05. The van der Waals surface area contributed by atoms with Gasteiger partial charge < -0.3 is 9.84 Å². The van der Waals surface area contributed by atoms with Gasteiger partial charge in [-0.2, -0.15) is 0 Å². The molecule has 0 saturated heterocycles. The van der Waals surface area contributed by atoms with Gasteiger partial charge in [0, 0.05) is 4.91 Å². The normalized spacial score (nSPS) is 11.5. The summed E-state index contributed by atoms with van der Waals surface area (Å²) in [5.41, 5.74) is 8.60. The molecule has 0 aliphatic rings. The molecule has 0 aliphatic carbocycles. The van der Waals surface area contributed by atoms with Crippen molar-refractivity contribution in [1.29, 1.82) is 0 Å². The van der Waals surface area contributed by atoms with Crippen molar-refractivity contribution in [3.05, 3.63) is 40.3 Å². The molecule has 5 heteroatoms. The number of ether oxygens (including phenoxy) is 1. The van der Waals surface area contributed by atoms with Gasteiger partial charge in [0.05, 0.1) is 7.11 Å². The zero-order valence-electron chi connectivity index (χ0n) is 7.08. The van der Waals surface area contributed by atoms with E-state index >= 15 is 0 Å². The molecule has 5 nitrogen and oxygen atoms in total. The molecule has 0 radical (unpaired) electrons. The second-order valence-corrected chi connectivity index (χ2v) is 2.36. The van der Waals surface area contributed by atoms with Crippen molar-refractivity contribution in [3.63, 3.8) is 0 Å². The number of aliphatic hydroxyl groups excluding tert-OH is 1. The Morgan fingerprint density at radius 1 is 1.62 bits per heavy atom. The summed E-state index contributed by atoms with van der Waals surface area (Å²) in [5.74, 6) is 0.615. The molecule has 0 bridgehead atoms. The fourth-order valence-corrected chi connectivity index (χ4v) is 0.918. The molecule has 0 fully saturated rings. The van der Waals surface area contributed by atoms with E-state index in [1.165, 1.54) is 7.11 Å². The topological polar surface area (TPSA) is 78.2 Å². The van der Waals surface area contributed by atoms with Crippen LogP contribution in [0.1, 0.15) is 11.8 Å². The Morgan fingerprint density at radius 3 is 3.00 bits per heavy atom. The number of hydrogen-bond donors (Lipinski definition) is 1. The van der Waals surface area contributed by atoms with Crippen molar-refractivity contribution in [1.82, 2.24) is 0 Å². The second kappa shape index (κ2) is 4.35. The third kappa shape index (κ3) is 2.37. The highest BCUT2D eigenvalue weighted by atomic mass is 16.5. The maximum atomic E-state index is 9.26. The Morgan fingerprint density at radius 2 is 2.38 bits per heavy atom. The Balaban J connectivity index is 2.94. The molecule has 13 heavy (non-hydrogen) atoms. The monoisotopic (exact) mass is 179 g/mol. The predicted octanol–water partition coefficient (Wildman–Crippen LogP) is 2.00. The van der Waals surface area contributed by atoms with E-state index in [-0.39, 0.29) is 0 Å². The number of azide groups is 1. The summed E-state index contributed by atoms with van der Waals surface area (Å²) in [7, 11) is 1.53. The molecule has 68 valence electrons. The first-order chi connectivity index (χ1) is 6.27. The molecule has 1 unspecified atom stereocenters. The summed E-state index contributed by atoms with van der Waals surface area (Å²) in [5, 5.41) is 12.4. The largest absolute Gasteiger partial charge is 0.497 e. The summed E-state index contributed by atoms with van der Waals surface area (Å²) in [6.07, 6.45) is -1.15. The van der Waals surface area contributed by atoms with E-state index < -0.39 is 6.23 Å². The lowest BCUT2D eigenvalue weighted by Crippen LogP contribution is -1.92. The molecule has 0 saturated carbocycles. The first-order valence-corrected chi connectivity index (χ1v) is 3.64. The highest BCUT2D eigenvalue weighted by Gasteiger charge is 2.04. The van der Waals surface area contributed by atoms with Crippen LogP contribution in [0.25, 0.3) is 10.4 Å². The molecular formula is C8H9N3O2. The van der Waals surface area contributed by atoms with E-state index in [9.17, 15) is 5.11 Å². The van der Waals surface area contributed by atoms with Crippen molar-refractivity contribution in [3.8, 4) is 5.75 Å². The number of hydrogen-bond acceptors (Lipinski definition) is 3. The van der Waals surface area contributed by atoms with Crippen LogP contribution >= 0.6 is 0 Å². The van der Waals surface area contributed by atoms with Crippen LogP contribution in [0.2, 0.25) is 0 Å². The van der Waals surface area contributed by atoms with E-state index in [0.29, 0.717) is 11.3 Å². The molecular weight excluding hydrogens is 170 g/mol. The molecule has 0 spiro atoms. The standard InChI is InChI=1S/C8H9N3O2/c1-13-7-4-2-3-6(5-7)8(12)10-11-9/h2-5,8,12H,1H3. The van der Waals surface area contributed by atoms with Gasteiger partial charge in [0.1, 0.15) is 5.75 Å². The van der Waals surface area contributed by atoms with E-state index in [1.807, 2.05) is 0 Å². The van der Waals surface area contributed by atoms with Crippen LogP contribution in [-0.4, -0.2) is 12.2 Å². The van der Waals surface area contributed by atoms with Crippen molar-refractivity contribution < 1.29 is 9.84 Å². The van der Waals surface area contributed by atoms with Gasteiger partial charge in [-0.25, -0.2) is 0 Å². The summed E-state index contributed by atoms with van der Waals surface area (Å²) < 4.78 is 4.94. The minimum absolute atomic E-state index is 0.511. The summed E-state index contributed by atoms with van der Waals surface area (Å²) >= 11 is 0. The van der Waals surface area contributed by atoms with Crippen LogP contribution in [0, 0.1) is 0 Å². The summed E-state index contributed by atoms with van der Waals surface area (Å²) in [4.78, 5) is 2.50. The van der Waals surface area contributed by atoms with E-state index in [4.69, 9.17) is 10.3 Å². The highest BCUT2D eigenvalue weighted by molar-refractivity contribution is 5.29. The zero-order chi connectivity index (χ0) is 9.68. The Kier molecular flexibility index (Phi) is 3.14. The molecule has 0 aliphatic heterocycles. The fourth-order valence-electron chi connectivity index (χ4n) is 0.918. The first-order valence-electron chi connectivity index (χ1n) is 3.64.